The highest BCUT2D eigenvalue weighted by molar-refractivity contribution is 7.85. The fraction of sp³-hybridized carbons (Fsp3) is 0.511. The minimum absolute atomic E-state index is 0.00292. The molecule has 0 saturated carbocycles. The van der Waals surface area contributed by atoms with E-state index in [2.05, 4.69) is 55.7 Å². The van der Waals surface area contributed by atoms with Crippen molar-refractivity contribution in [3.05, 3.63) is 147 Å². The molecule has 4 aromatic carbocycles. The summed E-state index contributed by atoms with van der Waals surface area (Å²) in [5, 5.41) is 17.1. The summed E-state index contributed by atoms with van der Waals surface area (Å²) < 4.78 is 170. The number of amides is 8. The molecule has 9 rings (SSSR count). The van der Waals surface area contributed by atoms with Crippen LogP contribution < -0.4 is 52.9 Å². The number of ether oxygens (including phenoxy) is 14. The molecule has 0 spiro atoms. The maximum atomic E-state index is 14.1. The highest BCUT2D eigenvalue weighted by Crippen LogP contribution is 2.34. The third-order valence-corrected chi connectivity index (χ3v) is 21.4. The van der Waals surface area contributed by atoms with Gasteiger partial charge in [0, 0.05) is 82.1 Å². The second-order valence-electron chi connectivity index (χ2n) is 30.8. The van der Waals surface area contributed by atoms with Crippen molar-refractivity contribution in [2.75, 3.05) is 184 Å². The first-order valence-corrected chi connectivity index (χ1v) is 45.4. The second-order valence-corrected chi connectivity index (χ2v) is 32.2. The molecule has 0 unspecified atom stereocenters. The number of aromatic amines is 2. The quantitative estimate of drug-likeness (QED) is 0.00477. The number of fused-ring (bicyclic) bond motifs is 2. The third kappa shape index (κ3) is 32.5. The summed E-state index contributed by atoms with van der Waals surface area (Å²) in [5.41, 5.74) is 16.7. The molecule has 0 aliphatic carbocycles. The molecule has 1 fully saturated rings. The first-order chi connectivity index (χ1) is 65.3. The largest absolute Gasteiger partial charge is 0.494 e. The Bertz CT molecular complexity index is 5660. The molecular formula is C88H117F4N17O26S. The van der Waals surface area contributed by atoms with Crippen molar-refractivity contribution in [3.8, 4) is 17.2 Å². The normalized spacial score (nSPS) is 13.3. The molecule has 43 nitrogen and oxygen atoms in total. The number of allylic oxidation sites excluding steroid dienone is 2. The van der Waals surface area contributed by atoms with Gasteiger partial charge in [-0.3, -0.25) is 57.2 Å². The number of nitrogens with one attached hydrogen (secondary N) is 5. The number of anilines is 1. The summed E-state index contributed by atoms with van der Waals surface area (Å²) >= 11 is 0. The van der Waals surface area contributed by atoms with E-state index in [1.54, 1.807) is 99.6 Å². The Morgan fingerprint density at radius 2 is 0.978 bits per heavy atom. The monoisotopic (exact) mass is 1940 g/mol. The maximum Gasteiger partial charge on any atom is 0.410 e. The van der Waals surface area contributed by atoms with E-state index in [1.807, 2.05) is 26.0 Å². The van der Waals surface area contributed by atoms with Gasteiger partial charge in [0.25, 0.3) is 11.8 Å². The maximum absolute atomic E-state index is 14.1. The van der Waals surface area contributed by atoms with Gasteiger partial charge in [0.15, 0.2) is 16.5 Å². The Morgan fingerprint density at radius 1 is 0.551 bits per heavy atom. The van der Waals surface area contributed by atoms with Gasteiger partial charge < -0.3 is 118 Å². The molecule has 5 heterocycles. The molecule has 0 radical (unpaired) electrons. The van der Waals surface area contributed by atoms with Crippen LogP contribution in [0.25, 0.3) is 22.1 Å². The van der Waals surface area contributed by atoms with Gasteiger partial charge in [-0.2, -0.15) is 37.4 Å². The second kappa shape index (κ2) is 54.5. The SMILES string of the molecule is CCn1nc(C)cc1C(=O)N=c1[nH]c2cc(C(N)=O)cc(OC)c2n1C/C=C/Cn1c(=NC(=O)c2cc(C)nn2CC)[nH]c2cc(C(N)=O)cc(OCCCN3CCN(C(=O)OCc4ccc(NC(=O)[C@H](C)NC(=O)[C@@H](NC(=O)CCOCCOCCOCCOCCOCCOCCOCCOCCOCCOCCC(=O)Oc5c(F)c(F)c(S(=O)(=O)O)c(F)c5F)C(C)C)cc4)CC3)c21. The number of hydrogen-bond donors (Lipinski definition) is 8. The van der Waals surface area contributed by atoms with Crippen LogP contribution in [-0.2, 0) is 114 Å². The van der Waals surface area contributed by atoms with E-state index in [4.69, 9.17) is 77.6 Å². The van der Waals surface area contributed by atoms with E-state index in [1.165, 1.54) is 26.2 Å². The number of benzene rings is 4. The number of carbonyl (C=O) groups excluding carboxylic acids is 9. The van der Waals surface area contributed by atoms with Crippen LogP contribution in [0.15, 0.2) is 87.7 Å². The Labute approximate surface area is 779 Å². The molecule has 48 heteroatoms. The van der Waals surface area contributed by atoms with Gasteiger partial charge in [-0.05, 0) is 101 Å². The van der Waals surface area contributed by atoms with Gasteiger partial charge in [0.2, 0.25) is 58.2 Å². The molecule has 136 heavy (non-hydrogen) atoms. The molecule has 1 aliphatic rings. The summed E-state index contributed by atoms with van der Waals surface area (Å²) in [6, 6.07) is 14.2. The number of carbonyl (C=O) groups is 9. The van der Waals surface area contributed by atoms with Crippen LogP contribution in [0.3, 0.4) is 0 Å². The summed E-state index contributed by atoms with van der Waals surface area (Å²) in [4.78, 5) is 135. The minimum Gasteiger partial charge on any atom is -0.494 e. The van der Waals surface area contributed by atoms with Crippen molar-refractivity contribution in [1.82, 2.24) is 59.1 Å². The number of esters is 1. The fourth-order valence-corrected chi connectivity index (χ4v) is 14.3. The number of nitrogens with two attached hydrogens (primary N) is 2. The lowest BCUT2D eigenvalue weighted by Gasteiger charge is -2.34. The number of aromatic nitrogens is 8. The van der Waals surface area contributed by atoms with Crippen LogP contribution in [0, 0.1) is 43.0 Å². The van der Waals surface area contributed by atoms with Gasteiger partial charge in [-0.15, -0.1) is 0 Å². The zero-order chi connectivity index (χ0) is 98.4. The van der Waals surface area contributed by atoms with E-state index < -0.39 is 116 Å². The van der Waals surface area contributed by atoms with Gasteiger partial charge in [0.05, 0.1) is 175 Å². The topological polar surface area (TPSA) is 534 Å². The predicted molar refractivity (Wildman–Crippen MR) is 477 cm³/mol. The van der Waals surface area contributed by atoms with Crippen LogP contribution in [0.1, 0.15) is 113 Å². The molecule has 8 amide bonds. The number of rotatable bonds is 59. The average Bonchev–Trinajstić information content (AvgIpc) is 1.63. The molecular weight excluding hydrogens is 1820 g/mol. The van der Waals surface area contributed by atoms with Gasteiger partial charge in [-0.1, -0.05) is 38.1 Å². The van der Waals surface area contributed by atoms with Crippen molar-refractivity contribution in [1.29, 1.82) is 0 Å². The minimum atomic E-state index is -5.67. The fourth-order valence-electron chi connectivity index (χ4n) is 13.6. The van der Waals surface area contributed by atoms with Crippen LogP contribution in [0.4, 0.5) is 28.0 Å². The number of methoxy groups -OCH3 is 1. The van der Waals surface area contributed by atoms with Gasteiger partial charge in [0.1, 0.15) is 52.6 Å². The van der Waals surface area contributed by atoms with E-state index in [-0.39, 0.29) is 143 Å². The van der Waals surface area contributed by atoms with Crippen LogP contribution in [0.2, 0.25) is 0 Å². The lowest BCUT2D eigenvalue weighted by atomic mass is 10.0. The highest BCUT2D eigenvalue weighted by atomic mass is 32.2. The van der Waals surface area contributed by atoms with Crippen LogP contribution in [0.5, 0.6) is 17.2 Å². The predicted octanol–water partition coefficient (Wildman–Crippen LogP) is 4.91. The molecule has 744 valence electrons. The Balaban J connectivity index is 0.593. The highest BCUT2D eigenvalue weighted by Gasteiger charge is 2.35. The van der Waals surface area contributed by atoms with Gasteiger partial charge >= 0.3 is 22.2 Å². The van der Waals surface area contributed by atoms with E-state index in [9.17, 15) is 69.1 Å². The molecule has 10 N–H and O–H groups in total. The zero-order valence-corrected chi connectivity index (χ0v) is 77.7. The van der Waals surface area contributed by atoms with Crippen LogP contribution >= 0.6 is 0 Å². The molecule has 8 aromatic rings. The number of aryl methyl sites for hydroxylation is 4. The summed E-state index contributed by atoms with van der Waals surface area (Å²) in [7, 11) is -4.23. The van der Waals surface area contributed by atoms with E-state index in [0.717, 1.165) is 0 Å². The standard InChI is InChI=1S/C88H117F4N17O26S/c1-9-108-65(48-56(5)102-108)83(115)100-86-97-63-50-60(80(93)112)52-67(122-8)76(63)106(86)21-11-12-22-107-77-64(98-87(107)101-84(116)66-49-57(6)103-109(66)10-2)51-61(81(94)113)53-68(77)133-27-13-20-104-23-25-105(26-24-104)88(118)134-54-59-14-16-62(17-15-59)96-82(114)58(7)95-85(117)75(55(3)4)99-69(110)18-28-123-30-32-125-34-36-127-38-40-129-42-44-131-46-47-132-45-43-130-41-39-128-37-35-126-33-31-124-29-19-70(111)135-78-71(89)73(91)79(136(119,120)121)74(92)72(78)90/h11-12,14-17,48-53,55,58,75H,9-10,13,18-47,54H2,1-8H3,(H2,93,112)(H2,94,113)(H,95,117)(H,96,114)(H,99,110)(H,97,100,115)(H,98,101,116)(H,119,120,121)/b12-11+/t58-,75-/m0/s1. The number of primary amides is 2. The van der Waals surface area contributed by atoms with Crippen molar-refractivity contribution < 1.29 is 140 Å². The lowest BCUT2D eigenvalue weighted by molar-refractivity contribution is -0.136. The zero-order valence-electron chi connectivity index (χ0n) is 76.9. The molecule has 1 aliphatic heterocycles. The van der Waals surface area contributed by atoms with Gasteiger partial charge in [-0.25, -0.2) is 13.6 Å². The number of H-pyrrole nitrogens is 2. The van der Waals surface area contributed by atoms with E-state index >= 15 is 0 Å². The molecule has 4 aromatic heterocycles. The molecule has 1 saturated heterocycles. The Hall–Kier alpha value is -12.2. The Morgan fingerprint density at radius 3 is 1.40 bits per heavy atom. The van der Waals surface area contributed by atoms with Crippen molar-refractivity contribution >= 4 is 91.3 Å². The Kier molecular flexibility index (Phi) is 43.1. The first-order valence-electron chi connectivity index (χ1n) is 44.0. The van der Waals surface area contributed by atoms with E-state index in [0.29, 0.717) is 170 Å². The number of halogens is 4. The first kappa shape index (κ1) is 107. The molecule has 0 bridgehead atoms. The third-order valence-electron chi connectivity index (χ3n) is 20.5. The number of hydrogen-bond acceptors (Lipinski definition) is 28. The van der Waals surface area contributed by atoms with Crippen molar-refractivity contribution in [3.63, 3.8) is 0 Å². The number of nitrogens with zero attached hydrogens (tertiary/aromatic N) is 10. The molecule has 2 atom stereocenters. The van der Waals surface area contributed by atoms with Crippen molar-refractivity contribution in [2.24, 2.45) is 27.4 Å². The van der Waals surface area contributed by atoms with Crippen LogP contribution in [-0.4, -0.2) is 306 Å². The lowest BCUT2D eigenvalue weighted by Crippen LogP contribution is -2.53. The summed E-state index contributed by atoms with van der Waals surface area (Å²) in [6.07, 6.45) is 3.02. The summed E-state index contributed by atoms with van der Waals surface area (Å²) in [6.45, 7) is 20.6. The smallest absolute Gasteiger partial charge is 0.410 e. The number of piperazine rings is 1. The average molecular weight is 1940 g/mol. The summed E-state index contributed by atoms with van der Waals surface area (Å²) in [5.74, 6) is -16.6. The number of imidazole rings is 2. The van der Waals surface area contributed by atoms with Crippen molar-refractivity contribution in [2.45, 2.75) is 117 Å².